The lowest BCUT2D eigenvalue weighted by molar-refractivity contribution is -0.320. The number of aliphatic hydroxyl groups excluding tert-OH is 1. The molecule has 5 unspecified atom stereocenters. The monoisotopic (exact) mass is 1120 g/mol. The summed E-state index contributed by atoms with van der Waals surface area (Å²) in [5, 5.41) is 19.8. The highest BCUT2D eigenvalue weighted by molar-refractivity contribution is 5.69. The second-order valence-electron chi connectivity index (χ2n) is 23.9. The van der Waals surface area contributed by atoms with E-state index in [4.69, 9.17) is 52.1 Å². The Hall–Kier alpha value is -5.33. The topological polar surface area (TPSA) is 275 Å². The zero-order valence-electron chi connectivity index (χ0n) is 47.8. The average molecular weight is 1130 g/mol. The van der Waals surface area contributed by atoms with Crippen LogP contribution in [0.3, 0.4) is 0 Å². The van der Waals surface area contributed by atoms with Gasteiger partial charge in [0.05, 0.1) is 29.7 Å². The van der Waals surface area contributed by atoms with E-state index < -0.39 is 128 Å². The molecule has 80 heavy (non-hydrogen) atoms. The van der Waals surface area contributed by atoms with Crippen molar-refractivity contribution in [3.8, 4) is 0 Å². The third-order valence-electron chi connectivity index (χ3n) is 18.4. The second kappa shape index (κ2) is 23.9. The number of allylic oxidation sites excluding steroid dienone is 2. The molecule has 4 saturated heterocycles. The molecule has 4 aliphatic carbocycles. The zero-order chi connectivity index (χ0) is 57.7. The number of carbonyl (C=O) groups is 7. The normalized spacial score (nSPS) is 39.5. The number of likely N-dealkylation sites (tertiary alicyclic amines) is 1. The van der Waals surface area contributed by atoms with Crippen molar-refractivity contribution in [2.45, 2.75) is 226 Å². The summed E-state index contributed by atoms with van der Waals surface area (Å²) in [6, 6.07) is 0.0566. The van der Waals surface area contributed by atoms with Crippen LogP contribution in [-0.4, -0.2) is 166 Å². The Balaban J connectivity index is 1.00. The Bertz CT molecular complexity index is 2600. The van der Waals surface area contributed by atoms with Gasteiger partial charge < -0.3 is 57.2 Å². The molecule has 1 aromatic heterocycles. The van der Waals surface area contributed by atoms with Crippen molar-refractivity contribution >= 4 is 41.8 Å². The van der Waals surface area contributed by atoms with Crippen LogP contribution in [0.4, 0.5) is 0 Å². The maximum absolute atomic E-state index is 13.2. The molecule has 1 aromatic rings. The summed E-state index contributed by atoms with van der Waals surface area (Å²) in [6.45, 7) is 17.3. The summed E-state index contributed by atoms with van der Waals surface area (Å²) in [5.74, 6) is -3.44. The maximum atomic E-state index is 13.2. The molecule has 2 saturated carbocycles. The minimum Gasteiger partial charge on any atom is -0.463 e. The highest BCUT2D eigenvalue weighted by Gasteiger charge is 2.62. The Morgan fingerprint density at radius 3 is 2.01 bits per heavy atom. The fourth-order valence-electron chi connectivity index (χ4n) is 15.3. The van der Waals surface area contributed by atoms with Crippen molar-refractivity contribution in [3.63, 3.8) is 0 Å². The molecule has 1 N–H and O–H groups in total. The largest absolute Gasteiger partial charge is 0.463 e. The van der Waals surface area contributed by atoms with Crippen LogP contribution >= 0.6 is 0 Å². The molecular weight excluding hydrogens is 1040 g/mol. The minimum absolute atomic E-state index is 0.0291. The molecule has 0 bridgehead atoms. The molecular formula is C57H80N4O19. The van der Waals surface area contributed by atoms with E-state index in [-0.39, 0.29) is 29.6 Å². The lowest BCUT2D eigenvalue weighted by Crippen LogP contribution is -2.62. The number of nitrogens with zero attached hydrogens (tertiary/aromatic N) is 4. The molecule has 1 spiro atoms. The molecule has 23 nitrogen and oxygen atoms in total. The van der Waals surface area contributed by atoms with E-state index in [2.05, 4.69) is 49.0 Å². The van der Waals surface area contributed by atoms with Gasteiger partial charge in [0.25, 0.3) is 0 Å². The van der Waals surface area contributed by atoms with Crippen molar-refractivity contribution < 1.29 is 90.8 Å². The van der Waals surface area contributed by atoms with Gasteiger partial charge in [-0.3, -0.25) is 38.5 Å². The number of rotatable bonds is 14. The van der Waals surface area contributed by atoms with Crippen molar-refractivity contribution in [2.24, 2.45) is 35.0 Å². The number of aliphatic hydroxyl groups is 1. The molecule has 20 atom stereocenters. The van der Waals surface area contributed by atoms with E-state index >= 15 is 0 Å². The van der Waals surface area contributed by atoms with Crippen molar-refractivity contribution in [1.29, 1.82) is 0 Å². The molecule has 6 fully saturated rings. The molecule has 0 radical (unpaired) electrons. The Morgan fingerprint density at radius 2 is 1.36 bits per heavy atom. The first-order valence-electron chi connectivity index (χ1n) is 28.3. The van der Waals surface area contributed by atoms with E-state index in [1.807, 2.05) is 0 Å². The summed E-state index contributed by atoms with van der Waals surface area (Å²) in [4.78, 5) is 91.2. The summed E-state index contributed by atoms with van der Waals surface area (Å²) in [6.07, 6.45) is -3.77. The maximum Gasteiger partial charge on any atom is 0.303 e. The molecule has 442 valence electrons. The first kappa shape index (κ1) is 59.3. The Kier molecular flexibility index (Phi) is 17.7. The molecule has 0 amide bonds. The predicted molar refractivity (Wildman–Crippen MR) is 276 cm³/mol. The summed E-state index contributed by atoms with van der Waals surface area (Å²) in [7, 11) is 0. The van der Waals surface area contributed by atoms with Gasteiger partial charge in [-0.05, 0) is 93.0 Å². The average Bonchev–Trinajstić information content (AvgIpc) is 4.07. The highest BCUT2D eigenvalue weighted by atomic mass is 16.7. The van der Waals surface area contributed by atoms with Gasteiger partial charge in [0.1, 0.15) is 37.6 Å². The number of piperidine rings is 1. The second-order valence-corrected chi connectivity index (χ2v) is 23.9. The fourth-order valence-corrected chi connectivity index (χ4v) is 15.3. The quantitative estimate of drug-likeness (QED) is 0.150. The standard InChI is InChI=1S/C57H80N4O19/c1-27-18-44-49(29(3)57(80-44)17-15-40-41-13-12-37-19-39(69)14-16-56(37,11)43(41)20-42(40)28(57)2)60(22-27)23-38-24-61(59-58-38)54-53(76-36(10)68)52(75-35(9)67)51(48(77-54)26-71-31(5)63)79-55-46(73-33(7)65)21-45(72-32(6)64)50(74-34(8)66)47(78-55)25-70-30(4)62/h12,24,27,29,39-41,43-55,69H,13-23,25-26H2,1-11H3/t27-,29+,39-,40-,41-,43-,44+,45?,46?,47?,48?,49-,50+,51+,52?,53-,54+,55-,56-,57-/m0/s1. The van der Waals surface area contributed by atoms with Gasteiger partial charge in [-0.15, -0.1) is 5.10 Å². The first-order valence-corrected chi connectivity index (χ1v) is 28.3. The molecule has 0 aromatic carbocycles. The number of aromatic nitrogens is 3. The predicted octanol–water partition coefficient (Wildman–Crippen LogP) is 4.69. The van der Waals surface area contributed by atoms with Gasteiger partial charge in [0.15, 0.2) is 36.9 Å². The van der Waals surface area contributed by atoms with Crippen LogP contribution < -0.4 is 0 Å². The molecule has 9 rings (SSSR count). The van der Waals surface area contributed by atoms with Crippen LogP contribution in [0.1, 0.15) is 146 Å². The van der Waals surface area contributed by atoms with Crippen LogP contribution in [0, 0.1) is 35.0 Å². The summed E-state index contributed by atoms with van der Waals surface area (Å²) < 4.78 is 68.1. The van der Waals surface area contributed by atoms with Crippen LogP contribution in [0.2, 0.25) is 0 Å². The van der Waals surface area contributed by atoms with Gasteiger partial charge in [-0.2, -0.15) is 0 Å². The lowest BCUT2D eigenvalue weighted by atomic mass is 9.56. The first-order chi connectivity index (χ1) is 37.8. The van der Waals surface area contributed by atoms with Crippen LogP contribution in [0.5, 0.6) is 0 Å². The number of ether oxygens (including phenoxy) is 11. The number of hydrogen-bond acceptors (Lipinski definition) is 22. The van der Waals surface area contributed by atoms with Crippen molar-refractivity contribution in [2.75, 3.05) is 19.8 Å². The number of hydrogen-bond donors (Lipinski definition) is 1. The summed E-state index contributed by atoms with van der Waals surface area (Å²) >= 11 is 0. The highest BCUT2D eigenvalue weighted by Crippen LogP contribution is 2.65. The van der Waals surface area contributed by atoms with Crippen LogP contribution in [0.25, 0.3) is 0 Å². The molecule has 5 heterocycles. The fraction of sp³-hybridized carbons (Fsp3) is 0.772. The lowest BCUT2D eigenvalue weighted by Gasteiger charge is -2.49. The van der Waals surface area contributed by atoms with Gasteiger partial charge >= 0.3 is 41.8 Å². The molecule has 8 aliphatic rings. The van der Waals surface area contributed by atoms with E-state index in [9.17, 15) is 38.7 Å². The number of esters is 7. The van der Waals surface area contributed by atoms with E-state index in [0.717, 1.165) is 99.5 Å². The van der Waals surface area contributed by atoms with E-state index in [1.165, 1.54) is 22.8 Å². The van der Waals surface area contributed by atoms with Gasteiger partial charge in [-0.1, -0.05) is 43.2 Å². The van der Waals surface area contributed by atoms with Crippen molar-refractivity contribution in [3.05, 3.63) is 34.7 Å². The minimum atomic E-state index is -1.74. The Labute approximate surface area is 466 Å². The SMILES string of the molecule is CC(=O)OCC1O[C@@H](O[C@@H]2C(COC(C)=O)O[C@@H](n3cc(CN4C[C@@H](C)C[C@H]5O[C@]6(CC[C@@H]7C(=C6C)C[C@H]6[C@H]7CC=C7C[C@@H](O)CC[C@@]76C)[C@H](C)[C@@H]54)nn3)[C@@H](OC(C)=O)C2OC(C)=O)C(OC(C)=O)CC(OC(C)=O)[C@H]1OC(C)=O. The van der Waals surface area contributed by atoms with Crippen molar-refractivity contribution in [1.82, 2.24) is 19.9 Å². The number of fused-ring (bicyclic) bond motifs is 6. The van der Waals surface area contributed by atoms with E-state index in [0.29, 0.717) is 35.9 Å². The third kappa shape index (κ3) is 12.1. The zero-order valence-corrected chi connectivity index (χ0v) is 47.8. The van der Waals surface area contributed by atoms with Gasteiger partial charge in [-0.25, -0.2) is 4.68 Å². The third-order valence-corrected chi connectivity index (χ3v) is 18.4. The Morgan fingerprint density at radius 1 is 0.738 bits per heavy atom. The van der Waals surface area contributed by atoms with E-state index in [1.54, 1.807) is 11.8 Å². The van der Waals surface area contributed by atoms with Crippen LogP contribution in [0.15, 0.2) is 29.0 Å². The van der Waals surface area contributed by atoms with Gasteiger partial charge in [0.2, 0.25) is 0 Å². The van der Waals surface area contributed by atoms with Gasteiger partial charge in [0, 0.05) is 79.9 Å². The number of carbonyl (C=O) groups excluding carboxylic acids is 7. The van der Waals surface area contributed by atoms with Crippen LogP contribution in [-0.2, 0) is 92.2 Å². The smallest absolute Gasteiger partial charge is 0.303 e. The molecule has 4 aliphatic heterocycles. The summed E-state index contributed by atoms with van der Waals surface area (Å²) in [5.41, 5.74) is 4.68. The molecule has 23 heteroatoms.